The first-order chi connectivity index (χ1) is 11.5. The van der Waals surface area contributed by atoms with Gasteiger partial charge in [-0.1, -0.05) is 6.07 Å². The molecule has 6 heteroatoms. The zero-order chi connectivity index (χ0) is 17.1. The molecule has 3 rings (SSSR count). The average Bonchev–Trinajstić information content (AvgIpc) is 3.02. The van der Waals surface area contributed by atoms with E-state index in [-0.39, 0.29) is 5.91 Å². The number of halogens is 2. The van der Waals surface area contributed by atoms with E-state index < -0.39 is 6.67 Å². The van der Waals surface area contributed by atoms with E-state index in [1.165, 1.54) is 11.3 Å². The minimum absolute atomic E-state index is 0.165. The minimum Gasteiger partial charge on any atom is -0.322 e. The molecule has 1 aromatic heterocycles. The van der Waals surface area contributed by atoms with Gasteiger partial charge < -0.3 is 10.2 Å². The molecule has 1 aromatic carbocycles. The number of nitrogens with one attached hydrogen (secondary N) is 1. The van der Waals surface area contributed by atoms with E-state index in [4.69, 9.17) is 0 Å². The van der Waals surface area contributed by atoms with Gasteiger partial charge in [0.05, 0.1) is 9.35 Å². The summed E-state index contributed by atoms with van der Waals surface area (Å²) in [6, 6.07) is 7.44. The standard InChI is InChI=1S/C18H20BrFN2OS/c1-22-4-2-13(3-5-22)14-6-12(10-20)7-16(8-14)21-18(23)15-9-17(19)24-11-15/h6-9,11,13H,2-5,10H2,1H3,(H,21,23). The van der Waals surface area contributed by atoms with Crippen LogP contribution in [0.5, 0.6) is 0 Å². The van der Waals surface area contributed by atoms with Gasteiger partial charge in [0, 0.05) is 11.1 Å². The number of carbonyl (C=O) groups is 1. The van der Waals surface area contributed by atoms with Crippen LogP contribution in [0.2, 0.25) is 0 Å². The van der Waals surface area contributed by atoms with E-state index in [0.717, 1.165) is 35.3 Å². The van der Waals surface area contributed by atoms with Crippen LogP contribution in [0, 0.1) is 0 Å². The average molecular weight is 411 g/mol. The van der Waals surface area contributed by atoms with Gasteiger partial charge in [-0.15, -0.1) is 11.3 Å². The van der Waals surface area contributed by atoms with Crippen molar-refractivity contribution in [2.45, 2.75) is 25.4 Å². The Labute approximate surface area is 154 Å². The minimum atomic E-state index is -0.521. The monoisotopic (exact) mass is 410 g/mol. The number of nitrogens with zero attached hydrogens (tertiary/aromatic N) is 1. The van der Waals surface area contributed by atoms with E-state index in [1.807, 2.05) is 12.1 Å². The van der Waals surface area contributed by atoms with E-state index in [2.05, 4.69) is 33.2 Å². The quantitative estimate of drug-likeness (QED) is 0.765. The first-order valence-electron chi connectivity index (χ1n) is 7.99. The van der Waals surface area contributed by atoms with Crippen LogP contribution < -0.4 is 5.32 Å². The molecule has 0 saturated carbocycles. The van der Waals surface area contributed by atoms with E-state index in [0.29, 0.717) is 22.7 Å². The van der Waals surface area contributed by atoms with Gasteiger partial charge in [0.1, 0.15) is 6.67 Å². The number of piperidine rings is 1. The molecule has 128 valence electrons. The predicted molar refractivity (Wildman–Crippen MR) is 101 cm³/mol. The number of amides is 1. The second-order valence-corrected chi connectivity index (χ2v) is 8.56. The summed E-state index contributed by atoms with van der Waals surface area (Å²) in [4.78, 5) is 14.6. The van der Waals surface area contributed by atoms with Crippen LogP contribution >= 0.6 is 27.3 Å². The maximum absolute atomic E-state index is 13.3. The lowest BCUT2D eigenvalue weighted by Crippen LogP contribution is -2.29. The fraction of sp³-hybridized carbons (Fsp3) is 0.389. The molecule has 24 heavy (non-hydrogen) atoms. The largest absolute Gasteiger partial charge is 0.322 e. The van der Waals surface area contributed by atoms with Crippen molar-refractivity contribution in [3.05, 3.63) is 50.1 Å². The molecule has 1 aliphatic heterocycles. The van der Waals surface area contributed by atoms with Crippen molar-refractivity contribution in [2.24, 2.45) is 0 Å². The van der Waals surface area contributed by atoms with Crippen molar-refractivity contribution < 1.29 is 9.18 Å². The Bertz CT molecular complexity index is 726. The molecule has 1 saturated heterocycles. The number of hydrogen-bond acceptors (Lipinski definition) is 3. The number of thiophene rings is 1. The van der Waals surface area contributed by atoms with Gasteiger partial charge >= 0.3 is 0 Å². The van der Waals surface area contributed by atoms with Crippen molar-refractivity contribution in [3.63, 3.8) is 0 Å². The zero-order valence-electron chi connectivity index (χ0n) is 13.5. The predicted octanol–water partition coefficient (Wildman–Crippen LogP) is 5.04. The molecular weight excluding hydrogens is 391 g/mol. The number of rotatable bonds is 4. The molecular formula is C18H20BrFN2OS. The molecule has 0 spiro atoms. The summed E-state index contributed by atoms with van der Waals surface area (Å²) in [7, 11) is 2.12. The Morgan fingerprint density at radius 2 is 2.08 bits per heavy atom. The number of benzene rings is 1. The molecule has 1 amide bonds. The van der Waals surface area contributed by atoms with Crippen LogP contribution in [0.3, 0.4) is 0 Å². The second kappa shape index (κ2) is 7.76. The van der Waals surface area contributed by atoms with E-state index in [9.17, 15) is 9.18 Å². The molecule has 0 unspecified atom stereocenters. The maximum atomic E-state index is 13.3. The lowest BCUT2D eigenvalue weighted by molar-refractivity contribution is 0.102. The molecule has 0 atom stereocenters. The second-order valence-electron chi connectivity index (χ2n) is 6.27. The van der Waals surface area contributed by atoms with Gasteiger partial charge in [-0.05, 0) is 84.2 Å². The van der Waals surface area contributed by atoms with Crippen LogP contribution in [-0.2, 0) is 6.67 Å². The van der Waals surface area contributed by atoms with Crippen molar-refractivity contribution in [1.29, 1.82) is 0 Å². The third-order valence-electron chi connectivity index (χ3n) is 4.45. The number of carbonyl (C=O) groups excluding carboxylic acids is 1. The maximum Gasteiger partial charge on any atom is 0.256 e. The van der Waals surface area contributed by atoms with Gasteiger partial charge in [-0.3, -0.25) is 4.79 Å². The van der Waals surface area contributed by atoms with Gasteiger partial charge in [0.25, 0.3) is 5.91 Å². The lowest BCUT2D eigenvalue weighted by atomic mass is 9.88. The molecule has 1 N–H and O–H groups in total. The van der Waals surface area contributed by atoms with Crippen LogP contribution in [0.4, 0.5) is 10.1 Å². The molecule has 0 bridgehead atoms. The Balaban J connectivity index is 1.80. The zero-order valence-corrected chi connectivity index (χ0v) is 15.9. The lowest BCUT2D eigenvalue weighted by Gasteiger charge is -2.29. The SMILES string of the molecule is CN1CCC(c2cc(CF)cc(NC(=O)c3csc(Br)c3)c2)CC1. The van der Waals surface area contributed by atoms with E-state index >= 15 is 0 Å². The van der Waals surface area contributed by atoms with Crippen LogP contribution in [0.25, 0.3) is 0 Å². The van der Waals surface area contributed by atoms with Gasteiger partial charge in [0.2, 0.25) is 0 Å². The summed E-state index contributed by atoms with van der Waals surface area (Å²) in [5.74, 6) is 0.265. The Hall–Kier alpha value is -1.24. The Morgan fingerprint density at radius 1 is 1.33 bits per heavy atom. The topological polar surface area (TPSA) is 32.3 Å². The molecule has 0 aliphatic carbocycles. The first-order valence-corrected chi connectivity index (χ1v) is 9.66. The number of anilines is 1. The van der Waals surface area contributed by atoms with Crippen molar-refractivity contribution in [2.75, 3.05) is 25.5 Å². The number of likely N-dealkylation sites (tertiary alicyclic amines) is 1. The smallest absolute Gasteiger partial charge is 0.256 e. The van der Waals surface area contributed by atoms with Crippen LogP contribution in [0.15, 0.2) is 33.4 Å². The third kappa shape index (κ3) is 4.23. The summed E-state index contributed by atoms with van der Waals surface area (Å²) < 4.78 is 14.2. The molecule has 1 aliphatic rings. The van der Waals surface area contributed by atoms with Crippen molar-refractivity contribution in [3.8, 4) is 0 Å². The molecule has 1 fully saturated rings. The summed E-state index contributed by atoms with van der Waals surface area (Å²) >= 11 is 4.83. The highest BCUT2D eigenvalue weighted by Gasteiger charge is 2.20. The molecule has 2 heterocycles. The highest BCUT2D eigenvalue weighted by Crippen LogP contribution is 2.31. The summed E-state index contributed by atoms with van der Waals surface area (Å²) in [6.07, 6.45) is 2.13. The normalized spacial score (nSPS) is 16.3. The Morgan fingerprint density at radius 3 is 2.71 bits per heavy atom. The van der Waals surface area contributed by atoms with Gasteiger partial charge in [-0.25, -0.2) is 4.39 Å². The fourth-order valence-electron chi connectivity index (χ4n) is 3.08. The summed E-state index contributed by atoms with van der Waals surface area (Å²) in [5, 5.41) is 4.71. The molecule has 0 radical (unpaired) electrons. The fourth-order valence-corrected chi connectivity index (χ4v) is 4.21. The summed E-state index contributed by atoms with van der Waals surface area (Å²) in [6.45, 7) is 1.58. The van der Waals surface area contributed by atoms with Gasteiger partial charge in [0.15, 0.2) is 0 Å². The van der Waals surface area contributed by atoms with E-state index in [1.54, 1.807) is 17.5 Å². The number of hydrogen-bond donors (Lipinski definition) is 1. The third-order valence-corrected chi connectivity index (χ3v) is 5.95. The molecule has 3 nitrogen and oxygen atoms in total. The highest BCUT2D eigenvalue weighted by molar-refractivity contribution is 9.11. The van der Waals surface area contributed by atoms with Gasteiger partial charge in [-0.2, -0.15) is 0 Å². The van der Waals surface area contributed by atoms with Crippen molar-refractivity contribution in [1.82, 2.24) is 4.90 Å². The highest BCUT2D eigenvalue weighted by atomic mass is 79.9. The summed E-state index contributed by atoms with van der Waals surface area (Å²) in [5.41, 5.74) is 3.03. The van der Waals surface area contributed by atoms with Crippen molar-refractivity contribution >= 4 is 38.9 Å². The number of alkyl halides is 1. The van der Waals surface area contributed by atoms with Crippen LogP contribution in [0.1, 0.15) is 40.2 Å². The Kier molecular flexibility index (Phi) is 5.69. The van der Waals surface area contributed by atoms with Crippen LogP contribution in [-0.4, -0.2) is 30.9 Å². The molecule has 2 aromatic rings. The first kappa shape index (κ1) is 17.6.